The number of aromatic nitrogens is 4. The number of hydrogen-bond donors (Lipinski definition) is 0. The van der Waals surface area contributed by atoms with Gasteiger partial charge in [-0.25, -0.2) is 19.1 Å². The quantitative estimate of drug-likeness (QED) is 0.684. The molecule has 7 heteroatoms. The number of hydrogen-bond acceptors (Lipinski definition) is 4. The van der Waals surface area contributed by atoms with Gasteiger partial charge in [-0.3, -0.25) is 4.98 Å². The van der Waals surface area contributed by atoms with Gasteiger partial charge in [-0.1, -0.05) is 6.07 Å². The van der Waals surface area contributed by atoms with Crippen molar-refractivity contribution in [2.75, 3.05) is 0 Å². The second kappa shape index (κ2) is 3.52. The Morgan fingerprint density at radius 1 is 1.22 bits per heavy atom. The number of rotatable bonds is 1. The molecule has 0 fully saturated rings. The normalized spacial score (nSPS) is 17.7. The van der Waals surface area contributed by atoms with Crippen molar-refractivity contribution in [1.82, 2.24) is 18.9 Å². The molecular weight excluding hydrogens is 234 g/mol. The van der Waals surface area contributed by atoms with Crippen LogP contribution in [0.4, 0.5) is 0 Å². The molecule has 1 atom stereocenters. The van der Waals surface area contributed by atoms with E-state index < -0.39 is 11.9 Å². The molecule has 0 spiro atoms. The molecule has 0 N–H and O–H groups in total. The number of nitrogens with zero attached hydrogens (tertiary/aromatic N) is 5. The molecule has 0 amide bonds. The molecule has 92 valence electrons. The molecular formula is C11H11N5O2. The van der Waals surface area contributed by atoms with Crippen LogP contribution in [0.5, 0.6) is 0 Å². The topological polar surface area (TPSA) is 74.2 Å². The van der Waals surface area contributed by atoms with E-state index >= 15 is 0 Å². The van der Waals surface area contributed by atoms with Gasteiger partial charge < -0.3 is 0 Å². The van der Waals surface area contributed by atoms with Crippen molar-refractivity contribution in [3.8, 4) is 0 Å². The second-order valence-electron chi connectivity index (χ2n) is 4.09. The van der Waals surface area contributed by atoms with Gasteiger partial charge in [0.25, 0.3) is 0 Å². The molecule has 0 saturated carbocycles. The first kappa shape index (κ1) is 10.7. The smallest absolute Gasteiger partial charge is 0.257 e. The van der Waals surface area contributed by atoms with Crippen molar-refractivity contribution in [2.45, 2.75) is 13.1 Å². The van der Waals surface area contributed by atoms with Crippen molar-refractivity contribution in [1.29, 1.82) is 0 Å². The lowest BCUT2D eigenvalue weighted by Gasteiger charge is -2.07. The Hall–Kier alpha value is -2.44. The average Bonchev–Trinajstić information content (AvgIpc) is 2.84. The number of aliphatic imine (C=N–C) groups is 1. The molecule has 2 aromatic rings. The van der Waals surface area contributed by atoms with Crippen LogP contribution in [0.25, 0.3) is 0 Å². The maximum Gasteiger partial charge on any atom is 0.352 e. The molecule has 1 aliphatic rings. The van der Waals surface area contributed by atoms with Crippen LogP contribution < -0.4 is 11.4 Å². The van der Waals surface area contributed by atoms with Gasteiger partial charge >= 0.3 is 11.4 Å². The summed E-state index contributed by atoms with van der Waals surface area (Å²) in [6, 6.07) is 5.39. The second-order valence-corrected chi connectivity index (χ2v) is 4.09. The van der Waals surface area contributed by atoms with Crippen LogP contribution in [0.1, 0.15) is 18.8 Å². The van der Waals surface area contributed by atoms with Crippen LogP contribution in [0.2, 0.25) is 0 Å². The van der Waals surface area contributed by atoms with Gasteiger partial charge in [0.2, 0.25) is 0 Å². The first-order valence-electron chi connectivity index (χ1n) is 5.47. The summed E-state index contributed by atoms with van der Waals surface area (Å²) in [4.78, 5) is 32.4. The van der Waals surface area contributed by atoms with Gasteiger partial charge in [0.15, 0.2) is 6.17 Å². The van der Waals surface area contributed by atoms with Crippen LogP contribution >= 0.6 is 0 Å². The molecule has 1 aliphatic heterocycles. The summed E-state index contributed by atoms with van der Waals surface area (Å²) in [5, 5.41) is 0. The first-order valence-corrected chi connectivity index (χ1v) is 5.47. The highest BCUT2D eigenvalue weighted by molar-refractivity contribution is 5.82. The van der Waals surface area contributed by atoms with Crippen molar-refractivity contribution in [3.05, 3.63) is 51.1 Å². The maximum absolute atomic E-state index is 12.0. The zero-order chi connectivity index (χ0) is 12.9. The van der Waals surface area contributed by atoms with Crippen molar-refractivity contribution in [3.63, 3.8) is 0 Å². The van der Waals surface area contributed by atoms with Gasteiger partial charge in [-0.2, -0.15) is 9.36 Å². The predicted molar refractivity (Wildman–Crippen MR) is 64.8 cm³/mol. The third-order valence-corrected chi connectivity index (χ3v) is 2.97. The van der Waals surface area contributed by atoms with E-state index in [4.69, 9.17) is 0 Å². The molecule has 7 nitrogen and oxygen atoms in total. The number of fused-ring (bicyclic) bond motifs is 1. The molecule has 1 unspecified atom stereocenters. The molecule has 3 heterocycles. The van der Waals surface area contributed by atoms with Crippen LogP contribution in [0, 0.1) is 0 Å². The summed E-state index contributed by atoms with van der Waals surface area (Å²) in [5.41, 5.74) is -0.147. The fraction of sp³-hybridized carbons (Fsp3) is 0.273. The summed E-state index contributed by atoms with van der Waals surface area (Å²) in [5.74, 6) is 0.494. The van der Waals surface area contributed by atoms with E-state index in [1.807, 2.05) is 6.07 Å². The summed E-state index contributed by atoms with van der Waals surface area (Å²) >= 11 is 0. The molecule has 0 bridgehead atoms. The van der Waals surface area contributed by atoms with Gasteiger partial charge in [-0.15, -0.1) is 0 Å². The first-order chi connectivity index (χ1) is 8.61. The van der Waals surface area contributed by atoms with Gasteiger partial charge in [0.1, 0.15) is 5.84 Å². The van der Waals surface area contributed by atoms with E-state index in [9.17, 15) is 9.59 Å². The van der Waals surface area contributed by atoms with E-state index in [1.54, 1.807) is 25.3 Å². The highest BCUT2D eigenvalue weighted by atomic mass is 16.2. The van der Waals surface area contributed by atoms with E-state index in [0.29, 0.717) is 11.5 Å². The van der Waals surface area contributed by atoms with Crippen molar-refractivity contribution < 1.29 is 0 Å². The Labute approximate surface area is 102 Å². The number of pyridine rings is 1. The zero-order valence-corrected chi connectivity index (χ0v) is 9.94. The highest BCUT2D eigenvalue weighted by Gasteiger charge is 2.29. The molecule has 2 aromatic heterocycles. The minimum atomic E-state index is -0.562. The predicted octanol–water partition coefficient (Wildman–Crippen LogP) is -0.429. The molecule has 18 heavy (non-hydrogen) atoms. The highest BCUT2D eigenvalue weighted by Crippen LogP contribution is 2.19. The van der Waals surface area contributed by atoms with Crippen LogP contribution in [-0.4, -0.2) is 24.8 Å². The summed E-state index contributed by atoms with van der Waals surface area (Å²) in [6.45, 7) is 1.69. The van der Waals surface area contributed by atoms with E-state index in [0.717, 1.165) is 4.57 Å². The van der Waals surface area contributed by atoms with Crippen LogP contribution in [0.3, 0.4) is 0 Å². The molecule has 0 aromatic carbocycles. The minimum Gasteiger partial charge on any atom is -0.257 e. The standard InChI is InChI=1S/C11H11N5O2/c1-7-13-9(8-5-3-4-6-12-8)16-11(18)14(2)10(17)15(7)16/h3-6,9H,1-2H3. The molecule has 3 rings (SSSR count). The lowest BCUT2D eigenvalue weighted by atomic mass is 10.3. The Kier molecular flexibility index (Phi) is 2.09. The summed E-state index contributed by atoms with van der Waals surface area (Å²) in [6.07, 6.45) is 1.07. The zero-order valence-electron chi connectivity index (χ0n) is 9.94. The van der Waals surface area contributed by atoms with Gasteiger partial charge in [0.05, 0.1) is 5.69 Å². The Morgan fingerprint density at radius 3 is 2.67 bits per heavy atom. The third-order valence-electron chi connectivity index (χ3n) is 2.97. The Balaban J connectivity index is 2.30. The molecule has 0 saturated heterocycles. The summed E-state index contributed by atoms with van der Waals surface area (Å²) < 4.78 is 3.66. The Bertz CT molecular complexity index is 750. The Morgan fingerprint density at radius 2 is 2.00 bits per heavy atom. The van der Waals surface area contributed by atoms with Gasteiger partial charge in [0, 0.05) is 13.2 Å². The minimum absolute atomic E-state index is 0.389. The average molecular weight is 245 g/mol. The van der Waals surface area contributed by atoms with E-state index in [-0.39, 0.29) is 5.69 Å². The van der Waals surface area contributed by atoms with Crippen LogP contribution in [0.15, 0.2) is 39.0 Å². The molecule has 0 aliphatic carbocycles. The van der Waals surface area contributed by atoms with Gasteiger partial charge in [-0.05, 0) is 19.1 Å². The van der Waals surface area contributed by atoms with E-state index in [2.05, 4.69) is 9.98 Å². The van der Waals surface area contributed by atoms with Crippen molar-refractivity contribution in [2.24, 2.45) is 12.0 Å². The SMILES string of the molecule is CC1=NC(c2ccccn2)n2c(=O)n(C)c(=O)n21. The molecule has 0 radical (unpaired) electrons. The van der Waals surface area contributed by atoms with Crippen molar-refractivity contribution >= 4 is 5.84 Å². The maximum atomic E-state index is 12.0. The fourth-order valence-corrected chi connectivity index (χ4v) is 2.07. The summed E-state index contributed by atoms with van der Waals surface area (Å²) in [7, 11) is 1.45. The fourth-order valence-electron chi connectivity index (χ4n) is 2.07. The monoisotopic (exact) mass is 245 g/mol. The van der Waals surface area contributed by atoms with Crippen LogP contribution in [-0.2, 0) is 7.05 Å². The largest absolute Gasteiger partial charge is 0.352 e. The lowest BCUT2D eigenvalue weighted by Crippen LogP contribution is -2.28. The lowest BCUT2D eigenvalue weighted by molar-refractivity contribution is 0.514. The third kappa shape index (κ3) is 1.24. The van der Waals surface area contributed by atoms with E-state index in [1.165, 1.54) is 16.4 Å².